The zero-order valence-electron chi connectivity index (χ0n) is 15.3. The van der Waals surface area contributed by atoms with Crippen LogP contribution in [0.25, 0.3) is 0 Å². The van der Waals surface area contributed by atoms with Crippen LogP contribution in [-0.4, -0.2) is 40.6 Å². The molecule has 25 heavy (non-hydrogen) atoms. The molecule has 0 amide bonds. The Bertz CT molecular complexity index is 678. The van der Waals surface area contributed by atoms with Gasteiger partial charge < -0.3 is 14.9 Å². The van der Waals surface area contributed by atoms with Crippen LogP contribution in [0.5, 0.6) is 0 Å². The summed E-state index contributed by atoms with van der Waals surface area (Å²) in [6, 6.07) is 0. The molecule has 138 valence electrons. The Morgan fingerprint density at radius 1 is 1.28 bits per heavy atom. The van der Waals surface area contributed by atoms with Crippen LogP contribution < -0.4 is 0 Å². The first kappa shape index (κ1) is 17.2. The van der Waals surface area contributed by atoms with Crippen molar-refractivity contribution in [2.75, 3.05) is 13.2 Å². The Morgan fingerprint density at radius 2 is 1.96 bits per heavy atom. The maximum Gasteiger partial charge on any atom is 0.231 e. The molecule has 5 heteroatoms. The van der Waals surface area contributed by atoms with Gasteiger partial charge in [-0.2, -0.15) is 0 Å². The molecule has 1 spiro atoms. The van der Waals surface area contributed by atoms with Gasteiger partial charge in [0.25, 0.3) is 0 Å². The number of carbonyl (C=O) groups excluding carboxylic acids is 2. The van der Waals surface area contributed by atoms with E-state index in [4.69, 9.17) is 4.74 Å². The smallest absolute Gasteiger partial charge is 0.231 e. The van der Waals surface area contributed by atoms with E-state index in [-0.39, 0.29) is 34.1 Å². The summed E-state index contributed by atoms with van der Waals surface area (Å²) < 4.78 is 5.68. The summed E-state index contributed by atoms with van der Waals surface area (Å²) in [4.78, 5) is 24.8. The number of epoxide rings is 1. The average molecular weight is 348 g/mol. The zero-order chi connectivity index (χ0) is 18.3. The van der Waals surface area contributed by atoms with E-state index in [2.05, 4.69) is 13.8 Å². The standard InChI is InChI=1S/C20H28O5/c1-17(15(23)10-21)6-7-18(2)12(9-17)4-5-19(3)14(18)8-13(22)16(24)20(19)11-25-20/h8,12,14,21-22H,4-7,9-11H2,1-3H3. The molecule has 0 aromatic rings. The van der Waals surface area contributed by atoms with Crippen molar-refractivity contribution in [3.63, 3.8) is 0 Å². The SMILES string of the molecule is CC1(C(=O)CO)CCC2(C)C(CCC3(C)C2C=C(O)C(=O)C32CO2)C1. The highest BCUT2D eigenvalue weighted by Crippen LogP contribution is 2.69. The maximum atomic E-state index is 12.5. The normalized spacial score (nSPS) is 51.5. The molecule has 1 aliphatic heterocycles. The topological polar surface area (TPSA) is 87.1 Å². The molecule has 3 fully saturated rings. The molecule has 4 aliphatic rings. The quantitative estimate of drug-likeness (QED) is 0.749. The van der Waals surface area contributed by atoms with Crippen LogP contribution in [0.2, 0.25) is 0 Å². The number of carbonyl (C=O) groups is 2. The van der Waals surface area contributed by atoms with E-state index >= 15 is 0 Å². The second-order valence-corrected chi connectivity index (χ2v) is 9.48. The van der Waals surface area contributed by atoms with Crippen molar-refractivity contribution in [2.24, 2.45) is 28.1 Å². The van der Waals surface area contributed by atoms with E-state index in [1.165, 1.54) is 0 Å². The number of hydrogen-bond acceptors (Lipinski definition) is 5. The fourth-order valence-electron chi connectivity index (χ4n) is 6.33. The highest BCUT2D eigenvalue weighted by Gasteiger charge is 2.73. The minimum absolute atomic E-state index is 0.0627. The van der Waals surface area contributed by atoms with Crippen molar-refractivity contribution in [3.8, 4) is 0 Å². The lowest BCUT2D eigenvalue weighted by molar-refractivity contribution is -0.155. The number of Topliss-reactive ketones (excluding diaryl/α,β-unsaturated/α-hetero) is 2. The molecule has 0 aromatic heterocycles. The molecule has 0 bridgehead atoms. The summed E-state index contributed by atoms with van der Waals surface area (Å²) in [6.07, 6.45) is 5.95. The van der Waals surface area contributed by atoms with Crippen LogP contribution >= 0.6 is 0 Å². The van der Waals surface area contributed by atoms with Gasteiger partial charge in [-0.1, -0.05) is 20.8 Å². The van der Waals surface area contributed by atoms with E-state index in [0.29, 0.717) is 12.5 Å². The molecule has 1 heterocycles. The predicted octanol–water partition coefficient (Wildman–Crippen LogP) is 2.57. The summed E-state index contributed by atoms with van der Waals surface area (Å²) in [5.74, 6) is -0.0753. The van der Waals surface area contributed by atoms with E-state index in [1.807, 2.05) is 6.92 Å². The average Bonchev–Trinajstić information content (AvgIpc) is 3.39. The van der Waals surface area contributed by atoms with Crippen molar-refractivity contribution >= 4 is 11.6 Å². The Kier molecular flexibility index (Phi) is 3.41. The molecule has 1 saturated heterocycles. The van der Waals surface area contributed by atoms with Crippen LogP contribution in [0, 0.1) is 28.1 Å². The number of aliphatic hydroxyl groups is 2. The molecule has 0 aromatic carbocycles. The van der Waals surface area contributed by atoms with Gasteiger partial charge in [0, 0.05) is 10.8 Å². The van der Waals surface area contributed by atoms with Crippen molar-refractivity contribution in [1.29, 1.82) is 0 Å². The second kappa shape index (κ2) is 4.95. The van der Waals surface area contributed by atoms with E-state index in [9.17, 15) is 19.8 Å². The predicted molar refractivity (Wildman–Crippen MR) is 90.9 cm³/mol. The fraction of sp³-hybridized carbons (Fsp3) is 0.800. The third-order valence-electron chi connectivity index (χ3n) is 8.35. The van der Waals surface area contributed by atoms with E-state index in [1.54, 1.807) is 6.08 Å². The van der Waals surface area contributed by atoms with Crippen LogP contribution in [0.4, 0.5) is 0 Å². The summed E-state index contributed by atoms with van der Waals surface area (Å²) in [7, 11) is 0. The number of hydrogen-bond donors (Lipinski definition) is 2. The number of ketones is 2. The first-order valence-corrected chi connectivity index (χ1v) is 9.37. The molecule has 0 radical (unpaired) electrons. The van der Waals surface area contributed by atoms with Gasteiger partial charge in [0.2, 0.25) is 5.78 Å². The highest BCUT2D eigenvalue weighted by atomic mass is 16.6. The first-order chi connectivity index (χ1) is 11.6. The summed E-state index contributed by atoms with van der Waals surface area (Å²) in [5.41, 5.74) is -1.67. The molecule has 6 unspecified atom stereocenters. The van der Waals surface area contributed by atoms with Gasteiger partial charge in [-0.3, -0.25) is 9.59 Å². The van der Waals surface area contributed by atoms with E-state index < -0.39 is 17.6 Å². The summed E-state index contributed by atoms with van der Waals surface area (Å²) in [6.45, 7) is 6.37. The van der Waals surface area contributed by atoms with E-state index in [0.717, 1.165) is 32.1 Å². The lowest BCUT2D eigenvalue weighted by Gasteiger charge is -2.61. The number of rotatable bonds is 2. The van der Waals surface area contributed by atoms with Crippen LogP contribution in [0.1, 0.15) is 52.9 Å². The summed E-state index contributed by atoms with van der Waals surface area (Å²) in [5, 5.41) is 19.6. The fourth-order valence-corrected chi connectivity index (χ4v) is 6.33. The third kappa shape index (κ3) is 1.97. The molecule has 2 saturated carbocycles. The second-order valence-electron chi connectivity index (χ2n) is 9.48. The Hall–Kier alpha value is -1.20. The largest absolute Gasteiger partial charge is 0.505 e. The minimum Gasteiger partial charge on any atom is -0.505 e. The Morgan fingerprint density at radius 3 is 2.56 bits per heavy atom. The molecule has 3 aliphatic carbocycles. The van der Waals surface area contributed by atoms with Crippen molar-refractivity contribution < 1.29 is 24.5 Å². The molecular weight excluding hydrogens is 320 g/mol. The summed E-state index contributed by atoms with van der Waals surface area (Å²) >= 11 is 0. The van der Waals surface area contributed by atoms with Crippen molar-refractivity contribution in [1.82, 2.24) is 0 Å². The highest BCUT2D eigenvalue weighted by molar-refractivity contribution is 6.03. The van der Waals surface area contributed by atoms with Gasteiger partial charge in [0.1, 0.15) is 6.61 Å². The van der Waals surface area contributed by atoms with Gasteiger partial charge in [0.05, 0.1) is 6.61 Å². The lowest BCUT2D eigenvalue weighted by Crippen LogP contribution is -2.61. The Labute approximate surface area is 148 Å². The van der Waals surface area contributed by atoms with Gasteiger partial charge in [-0.25, -0.2) is 0 Å². The monoisotopic (exact) mass is 348 g/mol. The van der Waals surface area contributed by atoms with Crippen LogP contribution in [0.15, 0.2) is 11.8 Å². The number of ether oxygens (including phenoxy) is 1. The molecule has 6 atom stereocenters. The maximum absolute atomic E-state index is 12.5. The third-order valence-corrected chi connectivity index (χ3v) is 8.35. The van der Waals surface area contributed by atoms with Crippen molar-refractivity contribution in [3.05, 3.63) is 11.8 Å². The van der Waals surface area contributed by atoms with Gasteiger partial charge in [0.15, 0.2) is 17.1 Å². The first-order valence-electron chi connectivity index (χ1n) is 9.37. The number of aliphatic hydroxyl groups excluding tert-OH is 2. The molecule has 5 nitrogen and oxygen atoms in total. The molecular formula is C20H28O5. The van der Waals surface area contributed by atoms with Gasteiger partial charge in [-0.15, -0.1) is 0 Å². The minimum atomic E-state index is -0.841. The van der Waals surface area contributed by atoms with Gasteiger partial charge in [-0.05, 0) is 55.4 Å². The molecule has 4 rings (SSSR count). The number of allylic oxidation sites excluding steroid dienone is 1. The van der Waals surface area contributed by atoms with Crippen LogP contribution in [0.3, 0.4) is 0 Å². The number of fused-ring (bicyclic) bond motifs is 4. The lowest BCUT2D eigenvalue weighted by atomic mass is 9.42. The van der Waals surface area contributed by atoms with Gasteiger partial charge >= 0.3 is 0 Å². The Balaban J connectivity index is 1.72. The zero-order valence-corrected chi connectivity index (χ0v) is 15.3. The van der Waals surface area contributed by atoms with Crippen molar-refractivity contribution in [2.45, 2.75) is 58.5 Å². The van der Waals surface area contributed by atoms with Crippen LogP contribution in [-0.2, 0) is 14.3 Å². The molecule has 2 N–H and O–H groups in total.